The van der Waals surface area contributed by atoms with Crippen molar-refractivity contribution >= 4 is 0 Å². The maximum Gasteiger partial charge on any atom is 0.292 e. The van der Waals surface area contributed by atoms with Crippen LogP contribution in [-0.2, 0) is 0 Å². The molecule has 0 heterocycles. The Balaban J connectivity index is 2.12. The van der Waals surface area contributed by atoms with E-state index in [-0.39, 0.29) is 5.92 Å². The summed E-state index contributed by atoms with van der Waals surface area (Å²) in [5.74, 6) is 0.901. The average Bonchev–Trinajstić information content (AvgIpc) is 2.66. The van der Waals surface area contributed by atoms with Crippen molar-refractivity contribution in [1.29, 1.82) is 10.5 Å². The lowest BCUT2D eigenvalue weighted by molar-refractivity contribution is 0.499. The van der Waals surface area contributed by atoms with Crippen LogP contribution in [0.5, 0.6) is 11.5 Å². The van der Waals surface area contributed by atoms with Gasteiger partial charge >= 0.3 is 0 Å². The van der Waals surface area contributed by atoms with E-state index in [1.54, 1.807) is 30.7 Å². The van der Waals surface area contributed by atoms with Gasteiger partial charge in [-0.2, -0.15) is 0 Å². The molecule has 1 atom stereocenters. The van der Waals surface area contributed by atoms with Gasteiger partial charge < -0.3 is 9.47 Å². The Hall–Kier alpha value is -3.76. The number of para-hydroxylation sites is 1. The number of nitriles is 2. The van der Waals surface area contributed by atoms with E-state index >= 15 is 0 Å². The highest BCUT2D eigenvalue weighted by molar-refractivity contribution is 5.50. The second-order valence-electron chi connectivity index (χ2n) is 5.34. The van der Waals surface area contributed by atoms with Gasteiger partial charge in [-0.25, -0.2) is 0 Å². The molecule has 3 rings (SSSR count). The first-order valence-electron chi connectivity index (χ1n) is 7.69. The van der Waals surface area contributed by atoms with E-state index in [2.05, 4.69) is 0 Å². The van der Waals surface area contributed by atoms with Gasteiger partial charge in [0.05, 0.1) is 0 Å². The van der Waals surface area contributed by atoms with Crippen LogP contribution >= 0.6 is 0 Å². The van der Waals surface area contributed by atoms with Crippen molar-refractivity contribution in [2.45, 2.75) is 5.92 Å². The van der Waals surface area contributed by atoms with Crippen LogP contribution in [-0.4, -0.2) is 0 Å². The molecule has 0 aliphatic rings. The average molecular weight is 326 g/mol. The third-order valence-electron chi connectivity index (χ3n) is 3.90. The fourth-order valence-electron chi connectivity index (χ4n) is 2.84. The van der Waals surface area contributed by atoms with Crippen LogP contribution in [0.4, 0.5) is 0 Å². The predicted octanol–water partition coefficient (Wildman–Crippen LogP) is 4.59. The van der Waals surface area contributed by atoms with Crippen LogP contribution < -0.4 is 9.47 Å². The zero-order valence-electron chi connectivity index (χ0n) is 13.3. The smallest absolute Gasteiger partial charge is 0.292 e. The molecule has 3 aromatic carbocycles. The molecule has 0 saturated carbocycles. The van der Waals surface area contributed by atoms with Crippen molar-refractivity contribution in [2.24, 2.45) is 0 Å². The highest BCUT2D eigenvalue weighted by Crippen LogP contribution is 2.37. The molecule has 0 bridgehead atoms. The Bertz CT molecular complexity index is 923. The summed E-state index contributed by atoms with van der Waals surface area (Å²) >= 11 is 0. The number of hydrogen-bond acceptors (Lipinski definition) is 4. The summed E-state index contributed by atoms with van der Waals surface area (Å²) in [6.45, 7) is 0. The van der Waals surface area contributed by atoms with Gasteiger partial charge in [0.15, 0.2) is 0 Å². The van der Waals surface area contributed by atoms with Crippen molar-refractivity contribution in [3.8, 4) is 24.0 Å². The lowest BCUT2D eigenvalue weighted by Crippen LogP contribution is -2.05. The molecular formula is C21H14N2O2. The van der Waals surface area contributed by atoms with Crippen LogP contribution in [0.3, 0.4) is 0 Å². The molecule has 4 nitrogen and oxygen atoms in total. The number of nitrogens with zero attached hydrogens (tertiary/aromatic N) is 2. The largest absolute Gasteiger partial charge is 0.388 e. The summed E-state index contributed by atoms with van der Waals surface area (Å²) in [5, 5.41) is 17.6. The Morgan fingerprint density at radius 2 is 1.24 bits per heavy atom. The normalized spacial score (nSPS) is 11.0. The van der Waals surface area contributed by atoms with Gasteiger partial charge in [0.2, 0.25) is 0 Å². The molecular weight excluding hydrogens is 312 g/mol. The quantitative estimate of drug-likeness (QED) is 0.508. The number of ether oxygens (including phenoxy) is 2. The van der Waals surface area contributed by atoms with Gasteiger partial charge in [-0.3, -0.25) is 0 Å². The van der Waals surface area contributed by atoms with Gasteiger partial charge in [-0.15, -0.1) is 10.5 Å². The summed E-state index contributed by atoms with van der Waals surface area (Å²) in [4.78, 5) is 0. The van der Waals surface area contributed by atoms with Gasteiger partial charge in [-0.1, -0.05) is 60.7 Å². The molecule has 25 heavy (non-hydrogen) atoms. The lowest BCUT2D eigenvalue weighted by Gasteiger charge is -2.20. The zero-order chi connectivity index (χ0) is 17.5. The van der Waals surface area contributed by atoms with E-state index in [4.69, 9.17) is 20.0 Å². The molecule has 0 saturated heterocycles. The standard InChI is InChI=1S/C21H14N2O2/c22-14-24-18-12-10-17(11-13-18)21(16-6-2-1-3-7-16)19-8-4-5-9-20(19)25-15-23/h1-13,21H. The Morgan fingerprint density at radius 1 is 0.640 bits per heavy atom. The first kappa shape index (κ1) is 16.1. The second-order valence-corrected chi connectivity index (χ2v) is 5.34. The minimum absolute atomic E-state index is 0.109. The molecule has 0 aliphatic carbocycles. The van der Waals surface area contributed by atoms with Gasteiger partial charge in [0, 0.05) is 11.5 Å². The fourth-order valence-corrected chi connectivity index (χ4v) is 2.84. The molecule has 1 unspecified atom stereocenters. The first-order valence-corrected chi connectivity index (χ1v) is 7.69. The Kier molecular flexibility index (Phi) is 4.95. The maximum atomic E-state index is 8.94. The zero-order valence-corrected chi connectivity index (χ0v) is 13.3. The molecule has 4 heteroatoms. The molecule has 0 radical (unpaired) electrons. The molecule has 120 valence electrons. The minimum atomic E-state index is -0.109. The third kappa shape index (κ3) is 3.60. The van der Waals surface area contributed by atoms with Crippen LogP contribution in [0.15, 0.2) is 78.9 Å². The lowest BCUT2D eigenvalue weighted by atomic mass is 9.84. The molecule has 0 N–H and O–H groups in total. The Labute approximate surface area is 146 Å². The molecule has 0 fully saturated rings. The third-order valence-corrected chi connectivity index (χ3v) is 3.90. The summed E-state index contributed by atoms with van der Waals surface area (Å²) in [6.07, 6.45) is 3.42. The van der Waals surface area contributed by atoms with Crippen LogP contribution in [0, 0.1) is 23.0 Å². The van der Waals surface area contributed by atoms with Crippen LogP contribution in [0.1, 0.15) is 22.6 Å². The second kappa shape index (κ2) is 7.68. The Morgan fingerprint density at radius 3 is 1.92 bits per heavy atom. The monoisotopic (exact) mass is 326 g/mol. The van der Waals surface area contributed by atoms with Crippen molar-refractivity contribution in [3.05, 3.63) is 95.6 Å². The molecule has 0 spiro atoms. The van der Waals surface area contributed by atoms with Gasteiger partial charge in [0.1, 0.15) is 11.5 Å². The van der Waals surface area contributed by atoms with E-state index in [0.717, 1.165) is 16.7 Å². The summed E-state index contributed by atoms with van der Waals surface area (Å²) in [5.41, 5.74) is 2.97. The fraction of sp³-hybridized carbons (Fsp3) is 0.0476. The number of hydrogen-bond donors (Lipinski definition) is 0. The van der Waals surface area contributed by atoms with E-state index in [1.165, 1.54) is 0 Å². The molecule has 3 aromatic rings. The summed E-state index contributed by atoms with van der Waals surface area (Å²) in [7, 11) is 0. The van der Waals surface area contributed by atoms with E-state index in [1.807, 2.05) is 60.7 Å². The highest BCUT2D eigenvalue weighted by Gasteiger charge is 2.20. The van der Waals surface area contributed by atoms with E-state index in [0.29, 0.717) is 11.5 Å². The maximum absolute atomic E-state index is 8.94. The van der Waals surface area contributed by atoms with Gasteiger partial charge in [-0.05, 0) is 29.3 Å². The van der Waals surface area contributed by atoms with Gasteiger partial charge in [0.25, 0.3) is 12.5 Å². The predicted molar refractivity (Wildman–Crippen MR) is 92.8 cm³/mol. The van der Waals surface area contributed by atoms with Crippen molar-refractivity contribution in [2.75, 3.05) is 0 Å². The van der Waals surface area contributed by atoms with Crippen LogP contribution in [0.2, 0.25) is 0 Å². The SMILES string of the molecule is N#COc1ccc(C(c2ccccc2)c2ccccc2OC#N)cc1. The van der Waals surface area contributed by atoms with Crippen molar-refractivity contribution < 1.29 is 9.47 Å². The highest BCUT2D eigenvalue weighted by atomic mass is 16.5. The first-order chi connectivity index (χ1) is 12.3. The topological polar surface area (TPSA) is 66.0 Å². The molecule has 0 aliphatic heterocycles. The van der Waals surface area contributed by atoms with E-state index in [9.17, 15) is 0 Å². The van der Waals surface area contributed by atoms with Crippen molar-refractivity contribution in [1.82, 2.24) is 0 Å². The molecule has 0 aromatic heterocycles. The minimum Gasteiger partial charge on any atom is -0.388 e. The van der Waals surface area contributed by atoms with E-state index < -0.39 is 0 Å². The van der Waals surface area contributed by atoms with Crippen molar-refractivity contribution in [3.63, 3.8) is 0 Å². The van der Waals surface area contributed by atoms with Crippen LogP contribution in [0.25, 0.3) is 0 Å². The molecule has 0 amide bonds. The number of benzene rings is 3. The summed E-state index contributed by atoms with van der Waals surface area (Å²) in [6, 6.07) is 24.8. The summed E-state index contributed by atoms with van der Waals surface area (Å²) < 4.78 is 10.0. The number of rotatable bonds is 5.